The van der Waals surface area contributed by atoms with E-state index in [1.165, 1.54) is 44.2 Å². The van der Waals surface area contributed by atoms with Gasteiger partial charge in [0.05, 0.1) is 36.3 Å². The van der Waals surface area contributed by atoms with Crippen LogP contribution in [0.1, 0.15) is 31.7 Å². The maximum atomic E-state index is 13.2. The number of benzene rings is 2. The van der Waals surface area contributed by atoms with Crippen molar-refractivity contribution in [3.63, 3.8) is 0 Å². The first-order valence-electron chi connectivity index (χ1n) is 10.6. The predicted octanol–water partition coefficient (Wildman–Crippen LogP) is 3.85. The van der Waals surface area contributed by atoms with Gasteiger partial charge in [0.2, 0.25) is 5.75 Å². The maximum absolute atomic E-state index is 13.2. The third-order valence-electron chi connectivity index (χ3n) is 4.97. The number of fused-ring (bicyclic) bond motifs is 1. The summed E-state index contributed by atoms with van der Waals surface area (Å²) in [6.45, 7) is 3.35. The summed E-state index contributed by atoms with van der Waals surface area (Å²) in [4.78, 5) is 40.5. The number of aryl methyl sites for hydroxylation is 1. The summed E-state index contributed by atoms with van der Waals surface area (Å²) in [5.41, 5.74) is 0.00881. The summed E-state index contributed by atoms with van der Waals surface area (Å²) in [5, 5.41) is 16.4. The van der Waals surface area contributed by atoms with Gasteiger partial charge in [-0.05, 0) is 37.6 Å². The van der Waals surface area contributed by atoms with Crippen LogP contribution in [0.5, 0.6) is 11.5 Å². The van der Waals surface area contributed by atoms with E-state index in [1.54, 1.807) is 18.2 Å². The standard InChI is InChI=1S/C23H23BrN4O7/c1-5-6-20-26-17-8-7-15(24)11-16(17)22(29)27(20)25-12-14-9-18(28(31)32)21(19(10-14)33-3)35-13(2)23(30)34-4/h7-13H,5-6H2,1-4H3/t13-/m1/s1. The van der Waals surface area contributed by atoms with Crippen molar-refractivity contribution < 1.29 is 23.9 Å². The van der Waals surface area contributed by atoms with Gasteiger partial charge in [-0.1, -0.05) is 22.9 Å². The summed E-state index contributed by atoms with van der Waals surface area (Å²) >= 11 is 3.36. The van der Waals surface area contributed by atoms with E-state index in [-0.39, 0.29) is 22.6 Å². The summed E-state index contributed by atoms with van der Waals surface area (Å²) in [7, 11) is 2.49. The van der Waals surface area contributed by atoms with Gasteiger partial charge in [0.25, 0.3) is 5.56 Å². The van der Waals surface area contributed by atoms with Crippen molar-refractivity contribution in [3.8, 4) is 11.5 Å². The molecule has 0 aliphatic heterocycles. The molecule has 0 spiro atoms. The first-order valence-corrected chi connectivity index (χ1v) is 11.4. The largest absolute Gasteiger partial charge is 0.493 e. The third-order valence-corrected chi connectivity index (χ3v) is 5.47. The summed E-state index contributed by atoms with van der Waals surface area (Å²) in [5.74, 6) is -0.464. The van der Waals surface area contributed by atoms with Gasteiger partial charge >= 0.3 is 11.7 Å². The van der Waals surface area contributed by atoms with Gasteiger partial charge in [0, 0.05) is 22.5 Å². The van der Waals surface area contributed by atoms with Crippen molar-refractivity contribution in [1.82, 2.24) is 9.66 Å². The van der Waals surface area contributed by atoms with Crippen LogP contribution in [0.15, 0.2) is 44.7 Å². The van der Waals surface area contributed by atoms with Gasteiger partial charge in [0.15, 0.2) is 11.9 Å². The minimum Gasteiger partial charge on any atom is -0.493 e. The quantitative estimate of drug-likeness (QED) is 0.171. The Kier molecular flexibility index (Phi) is 8.18. The van der Waals surface area contributed by atoms with E-state index in [2.05, 4.69) is 30.8 Å². The lowest BCUT2D eigenvalue weighted by atomic mass is 10.1. The van der Waals surface area contributed by atoms with E-state index in [0.717, 1.165) is 10.9 Å². The second-order valence-corrected chi connectivity index (χ2v) is 8.33. The Labute approximate surface area is 208 Å². The summed E-state index contributed by atoms with van der Waals surface area (Å²) in [6.07, 6.45) is 1.42. The number of rotatable bonds is 9. The van der Waals surface area contributed by atoms with Crippen molar-refractivity contribution in [2.24, 2.45) is 5.10 Å². The Morgan fingerprint density at radius 2 is 2.06 bits per heavy atom. The molecule has 1 heterocycles. The van der Waals surface area contributed by atoms with E-state index in [4.69, 9.17) is 9.47 Å². The van der Waals surface area contributed by atoms with Crippen molar-refractivity contribution >= 4 is 44.7 Å². The molecule has 0 radical (unpaired) electrons. The van der Waals surface area contributed by atoms with E-state index < -0.39 is 22.7 Å². The van der Waals surface area contributed by atoms with Gasteiger partial charge in [-0.3, -0.25) is 14.9 Å². The molecule has 2 aromatic carbocycles. The fourth-order valence-electron chi connectivity index (χ4n) is 3.30. The maximum Gasteiger partial charge on any atom is 0.346 e. The Hall–Kier alpha value is -3.80. The number of nitrogens with zero attached hydrogens (tertiary/aromatic N) is 4. The van der Waals surface area contributed by atoms with Crippen molar-refractivity contribution in [2.45, 2.75) is 32.8 Å². The van der Waals surface area contributed by atoms with Crippen LogP contribution >= 0.6 is 15.9 Å². The molecule has 0 bridgehead atoms. The molecule has 11 nitrogen and oxygen atoms in total. The molecule has 0 aliphatic rings. The second kappa shape index (κ2) is 11.1. The number of ether oxygens (including phenoxy) is 3. The van der Waals surface area contributed by atoms with Crippen LogP contribution in [0.2, 0.25) is 0 Å². The zero-order chi connectivity index (χ0) is 25.7. The van der Waals surface area contributed by atoms with Crippen molar-refractivity contribution in [1.29, 1.82) is 0 Å². The lowest BCUT2D eigenvalue weighted by Crippen LogP contribution is -2.25. The Balaban J connectivity index is 2.11. The van der Waals surface area contributed by atoms with E-state index in [1.807, 2.05) is 6.92 Å². The predicted molar refractivity (Wildman–Crippen MR) is 132 cm³/mol. The zero-order valence-corrected chi connectivity index (χ0v) is 21.1. The minimum absolute atomic E-state index is 0.0121. The fourth-order valence-corrected chi connectivity index (χ4v) is 3.66. The monoisotopic (exact) mass is 546 g/mol. The van der Waals surface area contributed by atoms with E-state index >= 15 is 0 Å². The molecule has 0 N–H and O–H groups in total. The molecule has 1 atom stereocenters. The molecule has 0 saturated carbocycles. The minimum atomic E-state index is -1.11. The number of aromatic nitrogens is 2. The molecule has 35 heavy (non-hydrogen) atoms. The van der Waals surface area contributed by atoms with Crippen LogP contribution < -0.4 is 15.0 Å². The Morgan fingerprint density at radius 1 is 1.31 bits per heavy atom. The second-order valence-electron chi connectivity index (χ2n) is 7.41. The molecular weight excluding hydrogens is 524 g/mol. The van der Waals surface area contributed by atoms with Crippen molar-refractivity contribution in [3.05, 3.63) is 66.7 Å². The first kappa shape index (κ1) is 25.8. The average molecular weight is 547 g/mol. The molecule has 3 rings (SSSR count). The van der Waals surface area contributed by atoms with E-state index in [0.29, 0.717) is 23.1 Å². The lowest BCUT2D eigenvalue weighted by Gasteiger charge is -2.15. The highest BCUT2D eigenvalue weighted by Gasteiger charge is 2.26. The normalized spacial score (nSPS) is 12.0. The van der Waals surface area contributed by atoms with Crippen LogP contribution in [-0.2, 0) is 16.0 Å². The SMILES string of the molecule is CCCc1nc2ccc(Br)cc2c(=O)n1N=Cc1cc(OC)c(O[C@H](C)C(=O)OC)c([N+](=O)[O-])c1. The number of nitro benzene ring substituents is 1. The van der Waals surface area contributed by atoms with Crippen LogP contribution in [-0.4, -0.2) is 47.1 Å². The number of hydrogen-bond acceptors (Lipinski definition) is 9. The Morgan fingerprint density at radius 3 is 2.69 bits per heavy atom. The number of carbonyl (C=O) groups excluding carboxylic acids is 1. The number of nitro groups is 1. The molecule has 12 heteroatoms. The molecule has 0 amide bonds. The van der Waals surface area contributed by atoms with Gasteiger partial charge in [-0.25, -0.2) is 9.78 Å². The molecule has 0 fully saturated rings. The molecule has 184 valence electrons. The molecule has 0 unspecified atom stereocenters. The summed E-state index contributed by atoms with van der Waals surface area (Å²) < 4.78 is 17.3. The molecule has 0 saturated heterocycles. The van der Waals surface area contributed by atoms with Gasteiger partial charge in [0.1, 0.15) is 5.82 Å². The average Bonchev–Trinajstić information content (AvgIpc) is 2.84. The van der Waals surface area contributed by atoms with E-state index in [9.17, 15) is 19.7 Å². The zero-order valence-electron chi connectivity index (χ0n) is 19.5. The number of hydrogen-bond donors (Lipinski definition) is 0. The fraction of sp³-hybridized carbons (Fsp3) is 0.304. The lowest BCUT2D eigenvalue weighted by molar-refractivity contribution is -0.386. The van der Waals surface area contributed by atoms with Crippen molar-refractivity contribution in [2.75, 3.05) is 14.2 Å². The Bertz CT molecular complexity index is 1370. The molecular formula is C23H23BrN4O7. The highest BCUT2D eigenvalue weighted by atomic mass is 79.9. The van der Waals surface area contributed by atoms with Crippen LogP contribution in [0.25, 0.3) is 10.9 Å². The number of halogens is 1. The van der Waals surface area contributed by atoms with Crippen LogP contribution in [0, 0.1) is 10.1 Å². The van der Waals surface area contributed by atoms with Gasteiger partial charge in [-0.2, -0.15) is 9.78 Å². The highest BCUT2D eigenvalue weighted by molar-refractivity contribution is 9.10. The number of carbonyl (C=O) groups is 1. The third kappa shape index (κ3) is 5.65. The number of methoxy groups -OCH3 is 2. The van der Waals surface area contributed by atoms with Gasteiger partial charge in [-0.15, -0.1) is 0 Å². The van der Waals surface area contributed by atoms with Crippen LogP contribution in [0.3, 0.4) is 0 Å². The van der Waals surface area contributed by atoms with Gasteiger partial charge < -0.3 is 14.2 Å². The molecule has 3 aromatic rings. The topological polar surface area (TPSA) is 135 Å². The van der Waals surface area contributed by atoms with Crippen LogP contribution in [0.4, 0.5) is 5.69 Å². The molecule has 1 aromatic heterocycles. The smallest absolute Gasteiger partial charge is 0.346 e. The highest BCUT2D eigenvalue weighted by Crippen LogP contribution is 2.38. The first-order chi connectivity index (χ1) is 16.7. The molecule has 0 aliphatic carbocycles. The number of esters is 1. The summed E-state index contributed by atoms with van der Waals surface area (Å²) in [6, 6.07) is 7.87.